The number of hydrogen-bond acceptors (Lipinski definition) is 6. The van der Waals surface area contributed by atoms with Gasteiger partial charge in [-0.05, 0) is 43.9 Å². The van der Waals surface area contributed by atoms with Crippen molar-refractivity contribution in [3.63, 3.8) is 0 Å². The molecular formula is C13H19N3O2S2. The first kappa shape index (κ1) is 14.1. The molecule has 4 atom stereocenters. The molecule has 2 aliphatic rings. The molecule has 7 heteroatoms. The van der Waals surface area contributed by atoms with Crippen molar-refractivity contribution in [3.8, 4) is 0 Å². The van der Waals surface area contributed by atoms with Gasteiger partial charge >= 0.3 is 5.97 Å². The molecule has 0 spiro atoms. The molecule has 0 aliphatic heterocycles. The van der Waals surface area contributed by atoms with Crippen molar-refractivity contribution in [2.24, 2.45) is 17.8 Å². The second-order valence-corrected chi connectivity index (χ2v) is 8.03. The fourth-order valence-electron chi connectivity index (χ4n) is 3.66. The molecule has 2 aliphatic carbocycles. The maximum absolute atomic E-state index is 10.5. The number of hydrogen-bond donors (Lipinski definition) is 2. The topological polar surface area (TPSA) is 75.1 Å². The van der Waals surface area contributed by atoms with E-state index in [9.17, 15) is 4.79 Å². The van der Waals surface area contributed by atoms with Crippen molar-refractivity contribution in [1.29, 1.82) is 0 Å². The molecule has 0 amide bonds. The van der Waals surface area contributed by atoms with E-state index in [-0.39, 0.29) is 5.75 Å². The Bertz CT molecular complexity index is 494. The Morgan fingerprint density at radius 3 is 3.00 bits per heavy atom. The molecule has 0 saturated heterocycles. The van der Waals surface area contributed by atoms with E-state index in [1.54, 1.807) is 0 Å². The van der Waals surface area contributed by atoms with E-state index < -0.39 is 5.97 Å². The van der Waals surface area contributed by atoms with Crippen LogP contribution in [-0.2, 0) is 4.79 Å². The molecule has 2 saturated carbocycles. The quantitative estimate of drug-likeness (QED) is 0.787. The van der Waals surface area contributed by atoms with Gasteiger partial charge < -0.3 is 10.4 Å². The van der Waals surface area contributed by atoms with E-state index in [0.29, 0.717) is 6.04 Å². The number of aliphatic carboxylic acids is 1. The van der Waals surface area contributed by atoms with Gasteiger partial charge in [-0.25, -0.2) is 0 Å². The lowest BCUT2D eigenvalue weighted by Gasteiger charge is -2.28. The monoisotopic (exact) mass is 313 g/mol. The predicted octanol–water partition coefficient (Wildman–Crippen LogP) is 2.95. The summed E-state index contributed by atoms with van der Waals surface area (Å²) in [5.41, 5.74) is 0. The fraction of sp³-hybridized carbons (Fsp3) is 0.769. The highest BCUT2D eigenvalue weighted by Crippen LogP contribution is 2.49. The van der Waals surface area contributed by atoms with Gasteiger partial charge in [-0.15, -0.1) is 10.2 Å². The van der Waals surface area contributed by atoms with Crippen LogP contribution in [0, 0.1) is 17.8 Å². The smallest absolute Gasteiger partial charge is 0.313 e. The highest BCUT2D eigenvalue weighted by Gasteiger charge is 2.41. The number of nitrogens with one attached hydrogen (secondary N) is 1. The summed E-state index contributed by atoms with van der Waals surface area (Å²) in [7, 11) is 0. The van der Waals surface area contributed by atoms with Crippen molar-refractivity contribution < 1.29 is 9.90 Å². The average Bonchev–Trinajstić information content (AvgIpc) is 3.12. The molecular weight excluding hydrogens is 294 g/mol. The summed E-state index contributed by atoms with van der Waals surface area (Å²) < 4.78 is 0.718. The van der Waals surface area contributed by atoms with Crippen LogP contribution >= 0.6 is 23.1 Å². The number of fused-ring (bicyclic) bond motifs is 2. The molecule has 1 heterocycles. The second kappa shape index (κ2) is 5.89. The largest absolute Gasteiger partial charge is 0.481 e. The predicted molar refractivity (Wildman–Crippen MR) is 80.3 cm³/mol. The zero-order chi connectivity index (χ0) is 14.1. The molecule has 2 bridgehead atoms. The standard InChI is InChI=1S/C13H19N3O2S2/c1-7(10-5-8-2-3-9(10)4-8)14-12-15-16-13(20-12)19-6-11(17)18/h7-10H,2-6H2,1H3,(H,14,15)(H,17,18). The lowest BCUT2D eigenvalue weighted by atomic mass is 9.84. The third-order valence-electron chi connectivity index (χ3n) is 4.51. The Hall–Kier alpha value is -0.820. The highest BCUT2D eigenvalue weighted by atomic mass is 32.2. The minimum absolute atomic E-state index is 0.0383. The molecule has 1 aromatic rings. The number of thioether (sulfide) groups is 1. The SMILES string of the molecule is CC(Nc1nnc(SCC(=O)O)s1)C1CC2CCC1C2. The Morgan fingerprint density at radius 2 is 2.35 bits per heavy atom. The first-order valence-electron chi connectivity index (χ1n) is 7.06. The van der Waals surface area contributed by atoms with Crippen LogP contribution in [0.5, 0.6) is 0 Å². The summed E-state index contributed by atoms with van der Waals surface area (Å²) in [5.74, 6) is 1.81. The lowest BCUT2D eigenvalue weighted by molar-refractivity contribution is -0.133. The van der Waals surface area contributed by atoms with Crippen LogP contribution in [0.1, 0.15) is 32.6 Å². The second-order valence-electron chi connectivity index (χ2n) is 5.83. The van der Waals surface area contributed by atoms with E-state index in [0.717, 1.165) is 27.2 Å². The third-order valence-corrected chi connectivity index (χ3v) is 6.48. The van der Waals surface area contributed by atoms with Crippen LogP contribution in [0.4, 0.5) is 5.13 Å². The van der Waals surface area contributed by atoms with Gasteiger partial charge in [0.15, 0.2) is 4.34 Å². The molecule has 110 valence electrons. The van der Waals surface area contributed by atoms with Gasteiger partial charge in [-0.1, -0.05) is 29.5 Å². The summed E-state index contributed by atoms with van der Waals surface area (Å²) in [6, 6.07) is 0.426. The number of carboxylic acid groups (broad SMARTS) is 1. The Kier molecular flexibility index (Phi) is 4.16. The molecule has 0 aromatic carbocycles. The van der Waals surface area contributed by atoms with Crippen molar-refractivity contribution in [2.45, 2.75) is 43.0 Å². The fourth-order valence-corrected chi connectivity index (χ4v) is 5.23. The van der Waals surface area contributed by atoms with Crippen molar-refractivity contribution >= 4 is 34.2 Å². The number of carboxylic acids is 1. The highest BCUT2D eigenvalue weighted by molar-refractivity contribution is 8.01. The Morgan fingerprint density at radius 1 is 1.50 bits per heavy atom. The summed E-state index contributed by atoms with van der Waals surface area (Å²) in [4.78, 5) is 10.5. The van der Waals surface area contributed by atoms with Crippen molar-refractivity contribution in [1.82, 2.24) is 10.2 Å². The van der Waals surface area contributed by atoms with Crippen molar-refractivity contribution in [3.05, 3.63) is 0 Å². The van der Waals surface area contributed by atoms with Gasteiger partial charge in [-0.2, -0.15) is 0 Å². The van der Waals surface area contributed by atoms with E-state index in [4.69, 9.17) is 5.11 Å². The van der Waals surface area contributed by atoms with E-state index in [1.807, 2.05) is 0 Å². The van der Waals surface area contributed by atoms with Crippen LogP contribution in [0.15, 0.2) is 4.34 Å². The normalized spacial score (nSPS) is 29.6. The molecule has 5 nitrogen and oxygen atoms in total. The summed E-state index contributed by atoms with van der Waals surface area (Å²) >= 11 is 2.67. The number of carbonyl (C=O) groups is 1. The lowest BCUT2D eigenvalue weighted by Crippen LogP contribution is -2.29. The van der Waals surface area contributed by atoms with E-state index in [1.165, 1.54) is 48.8 Å². The van der Waals surface area contributed by atoms with Gasteiger partial charge in [0.25, 0.3) is 0 Å². The van der Waals surface area contributed by atoms with Crippen LogP contribution in [0.3, 0.4) is 0 Å². The van der Waals surface area contributed by atoms with Gasteiger partial charge in [0.2, 0.25) is 5.13 Å². The zero-order valence-electron chi connectivity index (χ0n) is 11.4. The van der Waals surface area contributed by atoms with Crippen molar-refractivity contribution in [2.75, 3.05) is 11.1 Å². The zero-order valence-corrected chi connectivity index (χ0v) is 13.0. The molecule has 4 unspecified atom stereocenters. The van der Waals surface area contributed by atoms with Crippen LogP contribution < -0.4 is 5.32 Å². The molecule has 2 N–H and O–H groups in total. The third kappa shape index (κ3) is 3.09. The number of nitrogens with zero attached hydrogens (tertiary/aromatic N) is 2. The summed E-state index contributed by atoms with van der Waals surface area (Å²) in [6.07, 6.45) is 5.56. The van der Waals surface area contributed by atoms with Crippen LogP contribution in [-0.4, -0.2) is 33.1 Å². The minimum Gasteiger partial charge on any atom is -0.481 e. The van der Waals surface area contributed by atoms with Crippen LogP contribution in [0.25, 0.3) is 0 Å². The first-order valence-corrected chi connectivity index (χ1v) is 8.86. The van der Waals surface area contributed by atoms with Gasteiger partial charge in [-0.3, -0.25) is 4.79 Å². The van der Waals surface area contributed by atoms with Gasteiger partial charge in [0.1, 0.15) is 0 Å². The maximum Gasteiger partial charge on any atom is 0.313 e. The Labute approximate surface area is 126 Å². The molecule has 3 rings (SSSR count). The summed E-state index contributed by atoms with van der Waals surface area (Å²) in [5, 5.41) is 21.1. The molecule has 2 fully saturated rings. The van der Waals surface area contributed by atoms with E-state index >= 15 is 0 Å². The summed E-state index contributed by atoms with van der Waals surface area (Å²) in [6.45, 7) is 2.23. The van der Waals surface area contributed by atoms with Gasteiger partial charge in [0, 0.05) is 6.04 Å². The molecule has 20 heavy (non-hydrogen) atoms. The molecule has 0 radical (unpaired) electrons. The molecule has 1 aromatic heterocycles. The number of aromatic nitrogens is 2. The Balaban J connectivity index is 1.53. The average molecular weight is 313 g/mol. The maximum atomic E-state index is 10.5. The number of rotatable bonds is 6. The number of anilines is 1. The first-order chi connectivity index (χ1) is 9.61. The van der Waals surface area contributed by atoms with E-state index in [2.05, 4.69) is 22.4 Å². The van der Waals surface area contributed by atoms with Gasteiger partial charge in [0.05, 0.1) is 5.75 Å². The van der Waals surface area contributed by atoms with Crippen LogP contribution in [0.2, 0.25) is 0 Å². The minimum atomic E-state index is -0.824.